The van der Waals surface area contributed by atoms with Gasteiger partial charge in [0.2, 0.25) is 0 Å². The Hall–Kier alpha value is -1.59. The summed E-state index contributed by atoms with van der Waals surface area (Å²) in [6, 6.07) is 4.97. The molecule has 0 radical (unpaired) electrons. The Bertz CT molecular complexity index is 518. The minimum atomic E-state index is -0.982. The zero-order valence-corrected chi connectivity index (χ0v) is 9.16. The molecule has 1 heterocycles. The van der Waals surface area contributed by atoms with Gasteiger partial charge in [-0.2, -0.15) is 0 Å². The van der Waals surface area contributed by atoms with Gasteiger partial charge in [0, 0.05) is 10.1 Å². The molecule has 0 spiro atoms. The zero-order valence-electron chi connectivity index (χ0n) is 8.34. The van der Waals surface area contributed by atoms with Crippen molar-refractivity contribution in [3.05, 3.63) is 29.1 Å². The number of aliphatic hydroxyl groups excluding tert-OH is 1. The molecule has 2 aromatic rings. The van der Waals surface area contributed by atoms with Gasteiger partial charge in [-0.25, -0.2) is 4.79 Å². The van der Waals surface area contributed by atoms with E-state index >= 15 is 0 Å². The molecule has 0 bridgehead atoms. The summed E-state index contributed by atoms with van der Waals surface area (Å²) < 4.78 is 6.18. The molecule has 2 rings (SSSR count). The average molecular weight is 238 g/mol. The second-order valence-corrected chi connectivity index (χ2v) is 4.13. The summed E-state index contributed by atoms with van der Waals surface area (Å²) in [6.07, 6.45) is 0. The van der Waals surface area contributed by atoms with E-state index in [0.29, 0.717) is 5.75 Å². The quantitative estimate of drug-likeness (QED) is 0.854. The number of carboxylic acids is 1. The Kier molecular flexibility index (Phi) is 3.07. The summed E-state index contributed by atoms with van der Waals surface area (Å²) in [5, 5.41) is 20.4. The molecule has 0 atom stereocenters. The van der Waals surface area contributed by atoms with Crippen LogP contribution < -0.4 is 4.74 Å². The number of benzene rings is 1. The topological polar surface area (TPSA) is 66.8 Å². The monoisotopic (exact) mass is 238 g/mol. The second-order valence-electron chi connectivity index (χ2n) is 3.18. The van der Waals surface area contributed by atoms with Crippen LogP contribution in [0.2, 0.25) is 0 Å². The van der Waals surface area contributed by atoms with E-state index in [-0.39, 0.29) is 18.8 Å². The van der Waals surface area contributed by atoms with E-state index in [1.807, 2.05) is 11.4 Å². The van der Waals surface area contributed by atoms with Crippen LogP contribution in [0.4, 0.5) is 0 Å². The van der Waals surface area contributed by atoms with Crippen LogP contribution in [0.15, 0.2) is 23.6 Å². The molecule has 0 saturated heterocycles. The van der Waals surface area contributed by atoms with Gasteiger partial charge in [-0.05, 0) is 23.6 Å². The summed E-state index contributed by atoms with van der Waals surface area (Å²) >= 11 is 1.46. The molecular formula is C11H10O4S. The number of hydrogen-bond acceptors (Lipinski definition) is 4. The molecule has 0 aliphatic rings. The first-order chi connectivity index (χ1) is 7.72. The molecule has 0 aliphatic carbocycles. The third-order valence-electron chi connectivity index (χ3n) is 2.13. The van der Waals surface area contributed by atoms with Crippen molar-refractivity contribution < 1.29 is 19.7 Å². The average Bonchev–Trinajstić information content (AvgIpc) is 2.73. The predicted octanol–water partition coefficient (Wildman–Crippen LogP) is 1.97. The molecular weight excluding hydrogens is 228 g/mol. The van der Waals surface area contributed by atoms with Gasteiger partial charge >= 0.3 is 5.97 Å². The first-order valence-corrected chi connectivity index (χ1v) is 5.58. The fourth-order valence-corrected chi connectivity index (χ4v) is 2.28. The molecule has 0 unspecified atom stereocenters. The Morgan fingerprint density at radius 2 is 2.25 bits per heavy atom. The van der Waals surface area contributed by atoms with Gasteiger partial charge < -0.3 is 14.9 Å². The van der Waals surface area contributed by atoms with Crippen molar-refractivity contribution in [2.45, 2.75) is 0 Å². The SMILES string of the molecule is O=C(O)c1cc(OCCO)c2ccsc2c1. The number of carbonyl (C=O) groups is 1. The van der Waals surface area contributed by atoms with E-state index in [2.05, 4.69) is 0 Å². The van der Waals surface area contributed by atoms with E-state index in [9.17, 15) is 4.79 Å². The third-order valence-corrected chi connectivity index (χ3v) is 2.99. The Labute approximate surface area is 95.7 Å². The van der Waals surface area contributed by atoms with Crippen LogP contribution >= 0.6 is 11.3 Å². The van der Waals surface area contributed by atoms with Crippen LogP contribution in [0.5, 0.6) is 5.75 Å². The molecule has 84 valence electrons. The van der Waals surface area contributed by atoms with Crippen molar-refractivity contribution in [1.82, 2.24) is 0 Å². The molecule has 0 saturated carbocycles. The molecule has 1 aromatic carbocycles. The van der Waals surface area contributed by atoms with Gasteiger partial charge in [0.25, 0.3) is 0 Å². The fraction of sp³-hybridized carbons (Fsp3) is 0.182. The van der Waals surface area contributed by atoms with Crippen molar-refractivity contribution in [2.24, 2.45) is 0 Å². The standard InChI is InChI=1S/C11H10O4S/c12-2-3-15-9-5-7(11(13)14)6-10-8(9)1-4-16-10/h1,4-6,12H,2-3H2,(H,13,14). The summed E-state index contributed by atoms with van der Waals surface area (Å²) in [7, 11) is 0. The van der Waals surface area contributed by atoms with Crippen LogP contribution in [0.25, 0.3) is 10.1 Å². The van der Waals surface area contributed by atoms with Crippen LogP contribution in [-0.4, -0.2) is 29.4 Å². The van der Waals surface area contributed by atoms with Crippen molar-refractivity contribution in [1.29, 1.82) is 0 Å². The van der Waals surface area contributed by atoms with E-state index in [1.54, 1.807) is 6.07 Å². The van der Waals surface area contributed by atoms with Gasteiger partial charge in [-0.15, -0.1) is 11.3 Å². The number of thiophene rings is 1. The normalized spacial score (nSPS) is 10.6. The molecule has 2 N–H and O–H groups in total. The summed E-state index contributed by atoms with van der Waals surface area (Å²) in [5.41, 5.74) is 0.197. The lowest BCUT2D eigenvalue weighted by Gasteiger charge is -2.06. The highest BCUT2D eigenvalue weighted by molar-refractivity contribution is 7.17. The highest BCUT2D eigenvalue weighted by Gasteiger charge is 2.10. The number of aliphatic hydroxyl groups is 1. The van der Waals surface area contributed by atoms with E-state index in [4.69, 9.17) is 14.9 Å². The zero-order chi connectivity index (χ0) is 11.5. The van der Waals surface area contributed by atoms with Crippen LogP contribution in [0.3, 0.4) is 0 Å². The maximum atomic E-state index is 10.9. The summed E-state index contributed by atoms with van der Waals surface area (Å²) in [4.78, 5) is 10.9. The molecule has 0 amide bonds. The molecule has 5 heteroatoms. The second kappa shape index (κ2) is 4.51. The van der Waals surface area contributed by atoms with Crippen molar-refractivity contribution in [2.75, 3.05) is 13.2 Å². The van der Waals surface area contributed by atoms with Gasteiger partial charge in [-0.3, -0.25) is 0 Å². The minimum Gasteiger partial charge on any atom is -0.490 e. The molecule has 1 aromatic heterocycles. The maximum absolute atomic E-state index is 10.9. The largest absolute Gasteiger partial charge is 0.490 e. The Morgan fingerprint density at radius 1 is 1.44 bits per heavy atom. The number of carboxylic acid groups (broad SMARTS) is 1. The number of aromatic carboxylic acids is 1. The first kappa shape index (κ1) is 10.9. The van der Waals surface area contributed by atoms with E-state index in [0.717, 1.165) is 10.1 Å². The van der Waals surface area contributed by atoms with Crippen LogP contribution in [-0.2, 0) is 0 Å². The molecule has 0 aliphatic heterocycles. The lowest BCUT2D eigenvalue weighted by molar-refractivity contribution is 0.0696. The number of fused-ring (bicyclic) bond motifs is 1. The third kappa shape index (κ3) is 2.00. The maximum Gasteiger partial charge on any atom is 0.335 e. The number of hydrogen-bond donors (Lipinski definition) is 2. The van der Waals surface area contributed by atoms with Gasteiger partial charge in [0.15, 0.2) is 0 Å². The van der Waals surface area contributed by atoms with Gasteiger partial charge in [0.1, 0.15) is 12.4 Å². The van der Waals surface area contributed by atoms with Gasteiger partial charge in [-0.1, -0.05) is 0 Å². The first-order valence-electron chi connectivity index (χ1n) is 4.70. The smallest absolute Gasteiger partial charge is 0.335 e. The summed E-state index contributed by atoms with van der Waals surface area (Å²) in [5.74, 6) is -0.477. The number of rotatable bonds is 4. The van der Waals surface area contributed by atoms with Crippen LogP contribution in [0, 0.1) is 0 Å². The highest BCUT2D eigenvalue weighted by atomic mass is 32.1. The molecule has 4 nitrogen and oxygen atoms in total. The molecule has 0 fully saturated rings. The lowest BCUT2D eigenvalue weighted by Crippen LogP contribution is -2.03. The minimum absolute atomic E-state index is 0.0943. The van der Waals surface area contributed by atoms with Crippen LogP contribution in [0.1, 0.15) is 10.4 Å². The highest BCUT2D eigenvalue weighted by Crippen LogP contribution is 2.31. The fourth-order valence-electron chi connectivity index (χ4n) is 1.44. The van der Waals surface area contributed by atoms with E-state index in [1.165, 1.54) is 17.4 Å². The Morgan fingerprint density at radius 3 is 2.94 bits per heavy atom. The number of ether oxygens (including phenoxy) is 1. The van der Waals surface area contributed by atoms with Crippen molar-refractivity contribution >= 4 is 27.4 Å². The van der Waals surface area contributed by atoms with Crippen molar-refractivity contribution in [3.8, 4) is 5.75 Å². The Balaban J connectivity index is 2.50. The summed E-state index contributed by atoms with van der Waals surface area (Å²) in [6.45, 7) is 0.0664. The predicted molar refractivity (Wildman–Crippen MR) is 61.4 cm³/mol. The van der Waals surface area contributed by atoms with E-state index < -0.39 is 5.97 Å². The lowest BCUT2D eigenvalue weighted by atomic mass is 10.1. The van der Waals surface area contributed by atoms with Crippen molar-refractivity contribution in [3.63, 3.8) is 0 Å². The van der Waals surface area contributed by atoms with Gasteiger partial charge in [0.05, 0.1) is 12.2 Å². The molecule has 16 heavy (non-hydrogen) atoms.